The minimum atomic E-state index is -0.771. The molecule has 2 fully saturated rings. The lowest BCUT2D eigenvalue weighted by Gasteiger charge is -2.21. The van der Waals surface area contributed by atoms with Gasteiger partial charge in [0.2, 0.25) is 5.91 Å². The van der Waals surface area contributed by atoms with Gasteiger partial charge in [0.15, 0.2) is 6.10 Å². The summed E-state index contributed by atoms with van der Waals surface area (Å²) < 4.78 is 16.6. The summed E-state index contributed by atoms with van der Waals surface area (Å²) in [6.45, 7) is 2.10. The molecule has 2 aromatic carbocycles. The summed E-state index contributed by atoms with van der Waals surface area (Å²) in [5.74, 6) is 1.23. The average molecular weight is 442 g/mol. The van der Waals surface area contributed by atoms with Gasteiger partial charge in [-0.3, -0.25) is 19.8 Å². The molecule has 0 bridgehead atoms. The van der Waals surface area contributed by atoms with E-state index in [9.17, 15) is 14.4 Å². The molecular weight excluding hydrogens is 420 g/mol. The smallest absolute Gasteiger partial charge is 0.415 e. The monoisotopic (exact) mass is 442 g/mol. The highest BCUT2D eigenvalue weighted by Gasteiger charge is 2.40. The molecule has 4 rings (SSSR count). The normalized spacial score (nSPS) is 23.1. The van der Waals surface area contributed by atoms with Gasteiger partial charge in [0, 0.05) is 5.69 Å². The molecule has 0 aliphatic carbocycles. The Kier molecular flexibility index (Phi) is 5.94. The zero-order valence-corrected chi connectivity index (χ0v) is 17.9. The van der Waals surface area contributed by atoms with E-state index >= 15 is 0 Å². The molecule has 8 nitrogen and oxygen atoms in total. The second-order valence-corrected chi connectivity index (χ2v) is 8.89. The molecule has 2 heterocycles. The van der Waals surface area contributed by atoms with E-state index in [1.807, 2.05) is 31.2 Å². The quantitative estimate of drug-likeness (QED) is 0.691. The Balaban J connectivity index is 1.41. The van der Waals surface area contributed by atoms with Crippen molar-refractivity contribution in [3.8, 4) is 11.5 Å². The van der Waals surface area contributed by atoms with Crippen LogP contribution in [0.4, 0.5) is 15.3 Å². The Bertz CT molecular complexity index is 1050. The topological polar surface area (TPSA) is 94.2 Å². The summed E-state index contributed by atoms with van der Waals surface area (Å²) in [5, 5.41) is 3.82. The first-order chi connectivity index (χ1) is 14.9. The third-order valence-corrected chi connectivity index (χ3v) is 6.77. The van der Waals surface area contributed by atoms with Gasteiger partial charge in [-0.2, -0.15) is 0 Å². The Hall–Kier alpha value is -3.33. The Labute approximate surface area is 182 Å². The van der Waals surface area contributed by atoms with Gasteiger partial charge in [-0.25, -0.2) is 4.79 Å². The number of hydrogen-bond donors (Lipinski definition) is 1. The standard InChI is InChI=1S/C22H22N2O6S/c1-14-19(30-22(27)24(14)16-6-8-17(28-2)9-7-16)11-29-18-5-3-4-15(10-18)12-31-13-20(25)23-21(31)26/h3-10,12,14,19H,11,13H2,1-2H3,(H,23,25,26)/t14-,19+,31?/m0/s1. The molecule has 2 aliphatic heterocycles. The number of nitrogens with zero attached hydrogens (tertiary/aromatic N) is 1. The van der Waals surface area contributed by atoms with Gasteiger partial charge in [0.1, 0.15) is 18.1 Å². The number of benzene rings is 2. The Morgan fingerprint density at radius 2 is 1.94 bits per heavy atom. The molecular formula is C22H22N2O6S. The van der Waals surface area contributed by atoms with Gasteiger partial charge in [-0.15, -0.1) is 0 Å². The van der Waals surface area contributed by atoms with E-state index in [-0.39, 0.29) is 29.5 Å². The van der Waals surface area contributed by atoms with Crippen molar-refractivity contribution < 1.29 is 28.6 Å². The van der Waals surface area contributed by atoms with Crippen molar-refractivity contribution in [2.24, 2.45) is 0 Å². The summed E-state index contributed by atoms with van der Waals surface area (Å²) >= 11 is 0. The highest BCUT2D eigenvalue weighted by atomic mass is 32.2. The maximum absolute atomic E-state index is 12.4. The summed E-state index contributed by atoms with van der Waals surface area (Å²) in [4.78, 5) is 37.2. The number of carbonyl (C=O) groups is 3. The van der Waals surface area contributed by atoms with E-state index in [4.69, 9.17) is 14.2 Å². The number of ether oxygens (including phenoxy) is 3. The van der Waals surface area contributed by atoms with Crippen LogP contribution in [0.25, 0.3) is 0 Å². The van der Waals surface area contributed by atoms with E-state index in [0.29, 0.717) is 11.5 Å². The van der Waals surface area contributed by atoms with Crippen molar-refractivity contribution in [2.45, 2.75) is 19.1 Å². The fourth-order valence-corrected chi connectivity index (χ4v) is 4.81. The van der Waals surface area contributed by atoms with E-state index in [0.717, 1.165) is 11.3 Å². The van der Waals surface area contributed by atoms with Crippen LogP contribution in [0.2, 0.25) is 0 Å². The van der Waals surface area contributed by atoms with Gasteiger partial charge < -0.3 is 14.2 Å². The Morgan fingerprint density at radius 3 is 2.61 bits per heavy atom. The minimum Gasteiger partial charge on any atom is -0.497 e. The lowest BCUT2D eigenvalue weighted by molar-refractivity contribution is -0.117. The molecule has 0 radical (unpaired) electrons. The number of hydrogen-bond acceptors (Lipinski definition) is 6. The maximum atomic E-state index is 12.4. The molecule has 0 aromatic heterocycles. The lowest BCUT2D eigenvalue weighted by Crippen LogP contribution is -2.36. The number of imide groups is 1. The number of nitrogens with one attached hydrogen (secondary N) is 1. The van der Waals surface area contributed by atoms with Gasteiger partial charge in [0.25, 0.3) is 5.24 Å². The van der Waals surface area contributed by atoms with Crippen LogP contribution >= 0.6 is 10.5 Å². The van der Waals surface area contributed by atoms with E-state index < -0.39 is 22.7 Å². The molecule has 2 aliphatic rings. The van der Waals surface area contributed by atoms with Crippen LogP contribution in [-0.2, 0) is 9.53 Å². The van der Waals surface area contributed by atoms with Crippen LogP contribution in [-0.4, -0.2) is 54.2 Å². The molecule has 9 heteroatoms. The molecule has 1 unspecified atom stereocenters. The van der Waals surface area contributed by atoms with Crippen molar-refractivity contribution in [1.82, 2.24) is 5.32 Å². The van der Waals surface area contributed by atoms with Crippen molar-refractivity contribution in [1.29, 1.82) is 0 Å². The fourth-order valence-electron chi connectivity index (χ4n) is 3.41. The van der Waals surface area contributed by atoms with Crippen LogP contribution in [0.5, 0.6) is 11.5 Å². The SMILES string of the molecule is COc1ccc(N2C(=O)O[C@H](COc3cccc(/C=S4\CC(=O)NC4=O)c3)[C@@H]2C)cc1. The average Bonchev–Trinajstić information content (AvgIpc) is 3.23. The molecule has 1 N–H and O–H groups in total. The van der Waals surface area contributed by atoms with E-state index in [1.165, 1.54) is 0 Å². The molecule has 0 spiro atoms. The van der Waals surface area contributed by atoms with Gasteiger partial charge in [0.05, 0.1) is 18.9 Å². The molecule has 162 valence electrons. The van der Waals surface area contributed by atoms with Crippen LogP contribution in [0.15, 0.2) is 48.5 Å². The van der Waals surface area contributed by atoms with Gasteiger partial charge in [-0.1, -0.05) is 22.6 Å². The van der Waals surface area contributed by atoms with Crippen LogP contribution < -0.4 is 19.7 Å². The van der Waals surface area contributed by atoms with Gasteiger partial charge in [-0.05, 0) is 54.3 Å². The van der Waals surface area contributed by atoms with Crippen molar-refractivity contribution in [2.75, 3.05) is 24.4 Å². The molecule has 31 heavy (non-hydrogen) atoms. The largest absolute Gasteiger partial charge is 0.497 e. The third-order valence-electron chi connectivity index (χ3n) is 5.06. The van der Waals surface area contributed by atoms with Crippen LogP contribution in [0, 0.1) is 0 Å². The van der Waals surface area contributed by atoms with Crippen molar-refractivity contribution in [3.63, 3.8) is 0 Å². The highest BCUT2D eigenvalue weighted by Crippen LogP contribution is 2.29. The maximum Gasteiger partial charge on any atom is 0.415 e. The van der Waals surface area contributed by atoms with Crippen molar-refractivity contribution in [3.05, 3.63) is 54.1 Å². The molecule has 3 amide bonds. The predicted molar refractivity (Wildman–Crippen MR) is 118 cm³/mol. The first-order valence-electron chi connectivity index (χ1n) is 9.70. The number of methoxy groups -OCH3 is 1. The van der Waals surface area contributed by atoms with E-state index in [1.54, 1.807) is 41.6 Å². The second kappa shape index (κ2) is 8.81. The van der Waals surface area contributed by atoms with Crippen LogP contribution in [0.3, 0.4) is 0 Å². The second-order valence-electron chi connectivity index (χ2n) is 7.14. The molecule has 0 saturated carbocycles. The number of anilines is 1. The van der Waals surface area contributed by atoms with Crippen molar-refractivity contribution >= 4 is 38.8 Å². The highest BCUT2D eigenvalue weighted by molar-refractivity contribution is 8.28. The number of cyclic esters (lactones) is 1. The number of carbonyl (C=O) groups excluding carboxylic acids is 3. The first kappa shape index (κ1) is 20.9. The van der Waals surface area contributed by atoms with E-state index in [2.05, 4.69) is 5.32 Å². The molecule has 2 aromatic rings. The summed E-state index contributed by atoms with van der Waals surface area (Å²) in [6, 6.07) is 14.2. The number of rotatable bonds is 6. The lowest BCUT2D eigenvalue weighted by atomic mass is 10.1. The first-order valence-corrected chi connectivity index (χ1v) is 11.2. The molecule has 3 atom stereocenters. The fraction of sp³-hybridized carbons (Fsp3) is 0.273. The Morgan fingerprint density at radius 1 is 1.16 bits per heavy atom. The minimum absolute atomic E-state index is 0.181. The predicted octanol–water partition coefficient (Wildman–Crippen LogP) is 3.16. The number of amides is 3. The third kappa shape index (κ3) is 4.56. The van der Waals surface area contributed by atoms with Crippen LogP contribution in [0.1, 0.15) is 12.5 Å². The summed E-state index contributed by atoms with van der Waals surface area (Å²) in [7, 11) is 0.816. The van der Waals surface area contributed by atoms with Gasteiger partial charge >= 0.3 is 6.09 Å². The summed E-state index contributed by atoms with van der Waals surface area (Å²) in [6.07, 6.45) is -0.867. The zero-order chi connectivity index (χ0) is 22.0. The molecule has 2 saturated heterocycles. The summed E-state index contributed by atoms with van der Waals surface area (Å²) in [5.41, 5.74) is 1.52. The zero-order valence-electron chi connectivity index (χ0n) is 17.1.